The van der Waals surface area contributed by atoms with Crippen molar-refractivity contribution in [3.63, 3.8) is 0 Å². The van der Waals surface area contributed by atoms with E-state index in [0.29, 0.717) is 13.1 Å². The summed E-state index contributed by atoms with van der Waals surface area (Å²) in [5.41, 5.74) is 1.81. The summed E-state index contributed by atoms with van der Waals surface area (Å²) >= 11 is 0. The van der Waals surface area contributed by atoms with Gasteiger partial charge in [0.25, 0.3) is 0 Å². The molecule has 1 saturated heterocycles. The predicted molar refractivity (Wildman–Crippen MR) is 125 cm³/mol. The molecule has 0 aliphatic carbocycles. The topological polar surface area (TPSA) is 73.7 Å². The molecule has 0 atom stereocenters. The highest BCUT2D eigenvalue weighted by molar-refractivity contribution is 5.92. The number of nitrogens with zero attached hydrogens (tertiary/aromatic N) is 3. The molecule has 1 amide bonds. The van der Waals surface area contributed by atoms with Gasteiger partial charge in [0.1, 0.15) is 11.2 Å². The van der Waals surface area contributed by atoms with E-state index in [0.717, 1.165) is 35.0 Å². The molecule has 32 heavy (non-hydrogen) atoms. The van der Waals surface area contributed by atoms with Crippen LogP contribution in [0, 0.1) is 0 Å². The molecule has 0 spiro atoms. The number of piperidine rings is 1. The van der Waals surface area contributed by atoms with Crippen LogP contribution in [0.5, 0.6) is 0 Å². The molecule has 0 radical (unpaired) electrons. The average molecular weight is 444 g/mol. The highest BCUT2D eigenvalue weighted by Gasteiger charge is 2.29. The van der Waals surface area contributed by atoms with Gasteiger partial charge in [-0.2, -0.15) is 0 Å². The first kappa shape index (κ1) is 24.1. The Labute approximate surface area is 191 Å². The lowest BCUT2D eigenvalue weighted by atomic mass is 9.92. The van der Waals surface area contributed by atoms with Gasteiger partial charge in [0, 0.05) is 36.3 Å². The van der Waals surface area contributed by atoms with Gasteiger partial charge < -0.3 is 14.4 Å². The Kier molecular flexibility index (Phi) is 6.59. The van der Waals surface area contributed by atoms with E-state index >= 15 is 0 Å². The van der Waals surface area contributed by atoms with Crippen LogP contribution in [0.1, 0.15) is 91.3 Å². The summed E-state index contributed by atoms with van der Waals surface area (Å²) in [5, 5.41) is 1.03. The van der Waals surface area contributed by atoms with Gasteiger partial charge in [0.15, 0.2) is 0 Å². The van der Waals surface area contributed by atoms with Gasteiger partial charge in [0.05, 0.1) is 11.7 Å². The van der Waals surface area contributed by atoms with Crippen LogP contribution in [0.3, 0.4) is 0 Å². The Morgan fingerprint density at radius 1 is 1.00 bits per heavy atom. The highest BCUT2D eigenvalue weighted by Crippen LogP contribution is 2.33. The second-order valence-electron chi connectivity index (χ2n) is 11.0. The van der Waals surface area contributed by atoms with Gasteiger partial charge in [0.2, 0.25) is 0 Å². The van der Waals surface area contributed by atoms with Crippen LogP contribution in [0.15, 0.2) is 18.5 Å². The third kappa shape index (κ3) is 5.61. The standard InChI is InChI=1S/C25H37N3O4/c1-16(2)19-15-28(23(30)32-25(6,7)8)21-14-26-20(13-18(19)21)17-9-11-27(12-10-17)22(29)31-24(3,4)5/h13-17H,9-12H2,1-8H3. The normalized spacial score (nSPS) is 16.0. The number of carbonyl (C=O) groups is 2. The van der Waals surface area contributed by atoms with Crippen molar-refractivity contribution in [2.75, 3.05) is 13.1 Å². The average Bonchev–Trinajstić information content (AvgIpc) is 3.04. The molecule has 3 heterocycles. The maximum Gasteiger partial charge on any atom is 0.419 e. The summed E-state index contributed by atoms with van der Waals surface area (Å²) in [6, 6.07) is 2.11. The third-order valence-electron chi connectivity index (χ3n) is 5.52. The zero-order valence-corrected chi connectivity index (χ0v) is 20.7. The van der Waals surface area contributed by atoms with Crippen LogP contribution in [0.4, 0.5) is 9.59 Å². The first-order valence-corrected chi connectivity index (χ1v) is 11.5. The van der Waals surface area contributed by atoms with Crippen molar-refractivity contribution < 1.29 is 19.1 Å². The van der Waals surface area contributed by atoms with Gasteiger partial charge in [-0.05, 0) is 71.9 Å². The van der Waals surface area contributed by atoms with Crippen molar-refractivity contribution >= 4 is 23.1 Å². The van der Waals surface area contributed by atoms with E-state index < -0.39 is 17.3 Å². The Balaban J connectivity index is 1.82. The Morgan fingerprint density at radius 2 is 1.56 bits per heavy atom. The first-order valence-electron chi connectivity index (χ1n) is 11.5. The van der Waals surface area contributed by atoms with Crippen molar-refractivity contribution in [1.29, 1.82) is 0 Å². The van der Waals surface area contributed by atoms with E-state index in [1.54, 1.807) is 15.7 Å². The number of fused-ring (bicyclic) bond motifs is 1. The van der Waals surface area contributed by atoms with Crippen molar-refractivity contribution in [2.45, 2.75) is 91.3 Å². The summed E-state index contributed by atoms with van der Waals surface area (Å²) in [5.74, 6) is 0.522. The van der Waals surface area contributed by atoms with Gasteiger partial charge in [-0.15, -0.1) is 0 Å². The lowest BCUT2D eigenvalue weighted by Crippen LogP contribution is -2.41. The number of ether oxygens (including phenoxy) is 2. The lowest BCUT2D eigenvalue weighted by molar-refractivity contribution is 0.0203. The summed E-state index contributed by atoms with van der Waals surface area (Å²) in [4.78, 5) is 31.6. The Bertz CT molecular complexity index is 987. The number of hydrogen-bond donors (Lipinski definition) is 0. The van der Waals surface area contributed by atoms with E-state index in [1.165, 1.54) is 0 Å². The predicted octanol–water partition coefficient (Wildman–Crippen LogP) is 6.06. The zero-order chi connectivity index (χ0) is 23.8. The molecular formula is C25H37N3O4. The van der Waals surface area contributed by atoms with Crippen molar-refractivity contribution in [3.05, 3.63) is 29.7 Å². The molecule has 3 rings (SSSR count). The van der Waals surface area contributed by atoms with Crippen LogP contribution in [-0.4, -0.2) is 50.9 Å². The number of aromatic nitrogens is 2. The van der Waals surface area contributed by atoms with Crippen molar-refractivity contribution in [3.8, 4) is 0 Å². The number of hydrogen-bond acceptors (Lipinski definition) is 5. The fourth-order valence-electron chi connectivity index (χ4n) is 4.00. The summed E-state index contributed by atoms with van der Waals surface area (Å²) < 4.78 is 12.7. The van der Waals surface area contributed by atoms with Gasteiger partial charge >= 0.3 is 12.2 Å². The van der Waals surface area contributed by atoms with Crippen LogP contribution < -0.4 is 0 Å². The minimum atomic E-state index is -0.568. The molecule has 1 aliphatic heterocycles. The second-order valence-corrected chi connectivity index (χ2v) is 11.0. The molecule has 0 N–H and O–H groups in total. The van der Waals surface area contributed by atoms with E-state index in [9.17, 15) is 9.59 Å². The molecule has 176 valence electrons. The smallest absolute Gasteiger partial charge is 0.419 e. The van der Waals surface area contributed by atoms with Crippen LogP contribution in [-0.2, 0) is 9.47 Å². The molecule has 7 nitrogen and oxygen atoms in total. The SMILES string of the molecule is CC(C)c1cn(C(=O)OC(C)(C)C)c2cnc(C3CCN(C(=O)OC(C)(C)C)CC3)cc12. The van der Waals surface area contributed by atoms with Gasteiger partial charge in [-0.25, -0.2) is 9.59 Å². The Morgan fingerprint density at radius 3 is 2.09 bits per heavy atom. The molecular weight excluding hydrogens is 406 g/mol. The number of pyridine rings is 1. The van der Waals surface area contributed by atoms with Crippen LogP contribution in [0.25, 0.3) is 10.9 Å². The third-order valence-corrected chi connectivity index (χ3v) is 5.52. The van der Waals surface area contributed by atoms with Crippen molar-refractivity contribution in [2.24, 2.45) is 0 Å². The number of amides is 1. The minimum Gasteiger partial charge on any atom is -0.444 e. The molecule has 0 unspecified atom stereocenters. The molecule has 7 heteroatoms. The fraction of sp³-hybridized carbons (Fsp3) is 0.640. The fourth-order valence-corrected chi connectivity index (χ4v) is 4.00. The number of carbonyl (C=O) groups excluding carboxylic acids is 2. The van der Waals surface area contributed by atoms with Gasteiger partial charge in [-0.3, -0.25) is 9.55 Å². The largest absolute Gasteiger partial charge is 0.444 e. The maximum absolute atomic E-state index is 12.8. The maximum atomic E-state index is 12.8. The Hall–Kier alpha value is -2.57. The summed E-state index contributed by atoms with van der Waals surface area (Å²) in [6.45, 7) is 16.8. The monoisotopic (exact) mass is 443 g/mol. The number of rotatable bonds is 2. The van der Waals surface area contributed by atoms with Crippen LogP contribution in [0.2, 0.25) is 0 Å². The van der Waals surface area contributed by atoms with E-state index in [1.807, 2.05) is 47.7 Å². The minimum absolute atomic E-state index is 0.254. The molecule has 0 bridgehead atoms. The van der Waals surface area contributed by atoms with Gasteiger partial charge in [-0.1, -0.05) is 13.8 Å². The molecule has 0 aromatic carbocycles. The van der Waals surface area contributed by atoms with E-state index in [4.69, 9.17) is 14.5 Å². The molecule has 2 aromatic rings. The summed E-state index contributed by atoms with van der Waals surface area (Å²) in [6.07, 6.45) is 4.68. The zero-order valence-electron chi connectivity index (χ0n) is 20.7. The summed E-state index contributed by atoms with van der Waals surface area (Å²) in [7, 11) is 0. The molecule has 2 aromatic heterocycles. The first-order chi connectivity index (χ1) is 14.7. The van der Waals surface area contributed by atoms with Crippen LogP contribution >= 0.6 is 0 Å². The lowest BCUT2D eigenvalue weighted by Gasteiger charge is -2.33. The molecule has 0 saturated carbocycles. The highest BCUT2D eigenvalue weighted by atomic mass is 16.6. The van der Waals surface area contributed by atoms with E-state index in [2.05, 4.69) is 19.9 Å². The van der Waals surface area contributed by atoms with Crippen molar-refractivity contribution in [1.82, 2.24) is 14.5 Å². The second kappa shape index (κ2) is 8.75. The molecule has 1 aliphatic rings. The number of likely N-dealkylation sites (tertiary alicyclic amines) is 1. The quantitative estimate of drug-likeness (QED) is 0.564. The molecule has 1 fully saturated rings. The van der Waals surface area contributed by atoms with E-state index in [-0.39, 0.29) is 17.9 Å².